The van der Waals surface area contributed by atoms with Gasteiger partial charge in [0.15, 0.2) is 0 Å². The molecule has 2 aromatic rings. The molecule has 14 heavy (non-hydrogen) atoms. The highest BCUT2D eigenvalue weighted by Gasteiger charge is 2.10. The molecule has 0 fully saturated rings. The predicted molar refractivity (Wildman–Crippen MR) is 54.1 cm³/mol. The molecule has 0 unspecified atom stereocenters. The van der Waals surface area contributed by atoms with Crippen LogP contribution in [-0.2, 0) is 0 Å². The van der Waals surface area contributed by atoms with E-state index in [2.05, 4.69) is 4.98 Å². The number of hydrogen-bond acceptors (Lipinski definition) is 4. The topological polar surface area (TPSA) is 80.6 Å². The first-order valence-electron chi connectivity index (χ1n) is 3.95. The Kier molecular flexibility index (Phi) is 2.01. The van der Waals surface area contributed by atoms with Gasteiger partial charge in [0.1, 0.15) is 17.2 Å². The summed E-state index contributed by atoms with van der Waals surface area (Å²) in [6.45, 7) is 0. The number of nitrogen functional groups attached to an aromatic ring is 1. The van der Waals surface area contributed by atoms with Gasteiger partial charge in [-0.05, 0) is 12.1 Å². The summed E-state index contributed by atoms with van der Waals surface area (Å²) in [5, 5.41) is 21.0. The van der Waals surface area contributed by atoms with Crippen molar-refractivity contribution < 1.29 is 15.2 Å². The largest absolute Gasteiger partial charge is 0.508 e. The molecule has 0 saturated heterocycles. The van der Waals surface area contributed by atoms with Crippen molar-refractivity contribution in [2.24, 2.45) is 0 Å². The second kappa shape index (κ2) is 3.19. The van der Waals surface area contributed by atoms with Crippen LogP contribution < -0.4 is 10.7 Å². The average Bonchev–Trinajstić information content (AvgIpc) is 2.51. The number of benzene rings is 1. The number of rotatable bonds is 1. The lowest BCUT2D eigenvalue weighted by molar-refractivity contribution is -0.340. The zero-order valence-corrected chi connectivity index (χ0v) is 8.01. The molecule has 0 atom stereocenters. The van der Waals surface area contributed by atoms with Gasteiger partial charge in [0.05, 0.1) is 5.56 Å². The molecule has 1 heterocycles. The van der Waals surface area contributed by atoms with Crippen LogP contribution in [0.4, 0.5) is 5.13 Å². The molecule has 72 valence electrons. The molecule has 1 aromatic heterocycles. The maximum atomic E-state index is 9.54. The van der Waals surface area contributed by atoms with Crippen LogP contribution >= 0.6 is 11.3 Å². The highest BCUT2D eigenvalue weighted by atomic mass is 32.1. The van der Waals surface area contributed by atoms with Crippen LogP contribution in [0.15, 0.2) is 23.6 Å². The molecule has 0 saturated carbocycles. The van der Waals surface area contributed by atoms with Gasteiger partial charge in [-0.3, -0.25) is 5.73 Å². The number of nitrogens with two attached hydrogens (primary N) is 1. The number of anilines is 1. The van der Waals surface area contributed by atoms with Gasteiger partial charge in [0, 0.05) is 11.4 Å². The molecule has 0 spiro atoms. The SMILES string of the molecule is Nc1[nH+]c(-c2ccc(O)cc2O)cs1. The van der Waals surface area contributed by atoms with Crippen LogP contribution in [0.2, 0.25) is 0 Å². The van der Waals surface area contributed by atoms with Crippen molar-refractivity contribution in [1.29, 1.82) is 0 Å². The molecule has 5 heteroatoms. The van der Waals surface area contributed by atoms with Crippen LogP contribution in [0.3, 0.4) is 0 Å². The van der Waals surface area contributed by atoms with Crippen molar-refractivity contribution >= 4 is 16.5 Å². The van der Waals surface area contributed by atoms with E-state index in [4.69, 9.17) is 10.8 Å². The van der Waals surface area contributed by atoms with Crippen LogP contribution in [0, 0.1) is 0 Å². The lowest BCUT2D eigenvalue weighted by Gasteiger charge is -1.99. The zero-order valence-electron chi connectivity index (χ0n) is 7.19. The van der Waals surface area contributed by atoms with Gasteiger partial charge in [-0.15, -0.1) is 0 Å². The Bertz CT molecular complexity index is 468. The lowest BCUT2D eigenvalue weighted by atomic mass is 10.1. The van der Waals surface area contributed by atoms with E-state index in [1.807, 2.05) is 0 Å². The summed E-state index contributed by atoms with van der Waals surface area (Å²) in [7, 11) is 0. The number of phenols is 2. The molecule has 0 bridgehead atoms. The number of aromatic nitrogens is 1. The third-order valence-corrected chi connectivity index (χ3v) is 2.54. The van der Waals surface area contributed by atoms with E-state index in [-0.39, 0.29) is 11.5 Å². The van der Waals surface area contributed by atoms with Crippen LogP contribution in [0.25, 0.3) is 11.3 Å². The fourth-order valence-corrected chi connectivity index (χ4v) is 1.79. The number of hydrogen-bond donors (Lipinski definition) is 3. The van der Waals surface area contributed by atoms with E-state index in [9.17, 15) is 5.11 Å². The van der Waals surface area contributed by atoms with Gasteiger partial charge in [0.2, 0.25) is 0 Å². The molecule has 0 amide bonds. The van der Waals surface area contributed by atoms with Gasteiger partial charge < -0.3 is 10.2 Å². The Balaban J connectivity index is 2.52. The third kappa shape index (κ3) is 1.49. The molecule has 0 aliphatic heterocycles. The molecule has 1 aromatic carbocycles. The highest BCUT2D eigenvalue weighted by Crippen LogP contribution is 2.30. The van der Waals surface area contributed by atoms with Crippen molar-refractivity contribution in [2.45, 2.75) is 0 Å². The number of H-pyrrole nitrogens is 1. The normalized spacial score (nSPS) is 10.3. The monoisotopic (exact) mass is 209 g/mol. The molecule has 0 aliphatic rings. The molecule has 2 rings (SSSR count). The van der Waals surface area contributed by atoms with E-state index in [1.165, 1.54) is 23.5 Å². The molecule has 0 radical (unpaired) electrons. The Labute approximate surface area is 84.3 Å². The number of phenolic OH excluding ortho intramolecular Hbond substituents is 2. The minimum atomic E-state index is 0.0269. The van der Waals surface area contributed by atoms with E-state index in [0.717, 1.165) is 5.69 Å². The lowest BCUT2D eigenvalue weighted by Crippen LogP contribution is -2.06. The molecular formula is C9H9N2O2S+. The van der Waals surface area contributed by atoms with Crippen LogP contribution in [0.5, 0.6) is 11.5 Å². The number of thiazole rings is 1. The fraction of sp³-hybridized carbons (Fsp3) is 0. The summed E-state index contributed by atoms with van der Waals surface area (Å²) < 4.78 is 0. The van der Waals surface area contributed by atoms with Gasteiger partial charge in [-0.25, -0.2) is 4.98 Å². The first-order valence-corrected chi connectivity index (χ1v) is 4.83. The van der Waals surface area contributed by atoms with Crippen molar-refractivity contribution in [1.82, 2.24) is 0 Å². The average molecular weight is 209 g/mol. The molecule has 0 aliphatic carbocycles. The predicted octanol–water partition coefficient (Wildman–Crippen LogP) is 1.22. The maximum Gasteiger partial charge on any atom is 0.329 e. The second-order valence-electron chi connectivity index (χ2n) is 2.84. The van der Waals surface area contributed by atoms with Gasteiger partial charge >= 0.3 is 5.13 Å². The van der Waals surface area contributed by atoms with Gasteiger partial charge in [-0.2, -0.15) is 0 Å². The summed E-state index contributed by atoms with van der Waals surface area (Å²) in [6.07, 6.45) is 0. The first kappa shape index (κ1) is 8.83. The standard InChI is InChI=1S/C9H8N2O2S/c10-9-11-7(4-14-9)6-2-1-5(12)3-8(6)13/h1-4,12-13H,(H2,10,11)/p+1. The minimum Gasteiger partial charge on any atom is -0.508 e. The van der Waals surface area contributed by atoms with Crippen molar-refractivity contribution in [3.8, 4) is 22.8 Å². The Hall–Kier alpha value is -1.75. The summed E-state index contributed by atoms with van der Waals surface area (Å²) in [5.41, 5.74) is 6.89. The Morgan fingerprint density at radius 2 is 2.07 bits per heavy atom. The maximum absolute atomic E-state index is 9.54. The highest BCUT2D eigenvalue weighted by molar-refractivity contribution is 7.13. The van der Waals surface area contributed by atoms with E-state index in [1.54, 1.807) is 11.4 Å². The quantitative estimate of drug-likeness (QED) is 0.660. The molecule has 5 N–H and O–H groups in total. The van der Waals surface area contributed by atoms with Crippen molar-refractivity contribution in [3.63, 3.8) is 0 Å². The van der Waals surface area contributed by atoms with Gasteiger partial charge in [0.25, 0.3) is 0 Å². The summed E-state index contributed by atoms with van der Waals surface area (Å²) in [6, 6.07) is 4.43. The third-order valence-electron chi connectivity index (χ3n) is 1.83. The van der Waals surface area contributed by atoms with E-state index >= 15 is 0 Å². The van der Waals surface area contributed by atoms with E-state index < -0.39 is 0 Å². The fourth-order valence-electron chi connectivity index (χ4n) is 1.19. The number of aromatic amines is 1. The molecule has 4 nitrogen and oxygen atoms in total. The van der Waals surface area contributed by atoms with Crippen molar-refractivity contribution in [2.75, 3.05) is 5.73 Å². The summed E-state index contributed by atoms with van der Waals surface area (Å²) in [4.78, 5) is 2.91. The van der Waals surface area contributed by atoms with Crippen LogP contribution in [-0.4, -0.2) is 10.2 Å². The smallest absolute Gasteiger partial charge is 0.329 e. The number of nitrogens with one attached hydrogen (secondary N) is 1. The summed E-state index contributed by atoms with van der Waals surface area (Å²) in [5.74, 6) is 0.0634. The second-order valence-corrected chi connectivity index (χ2v) is 3.75. The molecular weight excluding hydrogens is 200 g/mol. The summed E-state index contributed by atoms with van der Waals surface area (Å²) >= 11 is 1.36. The van der Waals surface area contributed by atoms with E-state index in [0.29, 0.717) is 10.7 Å². The van der Waals surface area contributed by atoms with Gasteiger partial charge in [-0.1, -0.05) is 11.3 Å². The van der Waals surface area contributed by atoms with Crippen LogP contribution in [0.1, 0.15) is 0 Å². The first-order chi connectivity index (χ1) is 6.66. The minimum absolute atomic E-state index is 0.0269. The Morgan fingerprint density at radius 3 is 2.64 bits per heavy atom. The zero-order chi connectivity index (χ0) is 10.1. The Morgan fingerprint density at radius 1 is 1.29 bits per heavy atom. The van der Waals surface area contributed by atoms with Crippen molar-refractivity contribution in [3.05, 3.63) is 23.6 Å². The number of aromatic hydroxyl groups is 2.